The smallest absolute Gasteiger partial charge is 0.345 e. The summed E-state index contributed by atoms with van der Waals surface area (Å²) in [5, 5.41) is 61.7. The molecule has 0 amide bonds. The lowest BCUT2D eigenvalue weighted by molar-refractivity contribution is -0.180. The molecule has 9 nitrogen and oxygen atoms in total. The fraction of sp³-hybridized carbons (Fsp3) is 0.676. The highest BCUT2D eigenvalue weighted by Crippen LogP contribution is 2.37. The maximum Gasteiger partial charge on any atom is 0.345 e. The maximum absolute atomic E-state index is 12.9. The molecule has 2 heterocycles. The van der Waals surface area contributed by atoms with E-state index in [9.17, 15) is 35.4 Å². The third-order valence-electron chi connectivity index (χ3n) is 8.33. The zero-order valence-electron chi connectivity index (χ0n) is 26.7. The molecule has 43 heavy (non-hydrogen) atoms. The summed E-state index contributed by atoms with van der Waals surface area (Å²) < 4.78 is 11.0. The zero-order valence-corrected chi connectivity index (χ0v) is 26.7. The van der Waals surface area contributed by atoms with Crippen molar-refractivity contribution in [3.8, 4) is 5.75 Å². The molecule has 0 bridgehead atoms. The molecule has 0 aromatic carbocycles. The molecule has 1 aliphatic heterocycles. The van der Waals surface area contributed by atoms with E-state index in [1.54, 1.807) is 26.0 Å². The largest absolute Gasteiger partial charge is 0.507 e. The molecule has 244 valence electrons. The first-order valence-corrected chi connectivity index (χ1v) is 15.6. The Bertz CT molecular complexity index is 1150. The molecule has 1 aliphatic rings. The highest BCUT2D eigenvalue weighted by atomic mass is 16.5. The van der Waals surface area contributed by atoms with Gasteiger partial charge in [-0.05, 0) is 40.0 Å². The van der Waals surface area contributed by atoms with Crippen LogP contribution in [0.1, 0.15) is 104 Å². The van der Waals surface area contributed by atoms with Gasteiger partial charge in [-0.3, -0.25) is 0 Å². The van der Waals surface area contributed by atoms with E-state index in [2.05, 4.69) is 26.8 Å². The van der Waals surface area contributed by atoms with Crippen LogP contribution in [0.5, 0.6) is 5.75 Å². The van der Waals surface area contributed by atoms with Crippen molar-refractivity contribution in [1.29, 1.82) is 0 Å². The summed E-state index contributed by atoms with van der Waals surface area (Å²) >= 11 is 0. The first kappa shape index (κ1) is 36.9. The van der Waals surface area contributed by atoms with E-state index >= 15 is 0 Å². The third kappa shape index (κ3) is 10.7. The van der Waals surface area contributed by atoms with Gasteiger partial charge >= 0.3 is 5.63 Å². The molecule has 0 spiro atoms. The molecule has 1 fully saturated rings. The monoisotopic (exact) mass is 606 g/mol. The average molecular weight is 607 g/mol. The summed E-state index contributed by atoms with van der Waals surface area (Å²) in [6, 6.07) is 1.20. The second-order valence-corrected chi connectivity index (χ2v) is 12.8. The Labute approximate surface area is 256 Å². The molecule has 1 saturated heterocycles. The van der Waals surface area contributed by atoms with Crippen LogP contribution in [0.15, 0.2) is 50.7 Å². The van der Waals surface area contributed by atoms with Crippen LogP contribution in [-0.4, -0.2) is 68.3 Å². The zero-order chi connectivity index (χ0) is 32.3. The van der Waals surface area contributed by atoms with Crippen LogP contribution in [0.4, 0.5) is 0 Å². The average Bonchev–Trinajstić information content (AvgIpc) is 2.95. The van der Waals surface area contributed by atoms with Crippen LogP contribution in [0.3, 0.4) is 0 Å². The fourth-order valence-corrected chi connectivity index (χ4v) is 5.56. The number of rotatable bonds is 16. The number of aliphatic hydroxyl groups excluding tert-OH is 5. The quantitative estimate of drug-likeness (QED) is 0.0899. The summed E-state index contributed by atoms with van der Waals surface area (Å²) in [5.74, 6) is -0.0686. The van der Waals surface area contributed by atoms with Crippen molar-refractivity contribution in [3.05, 3.63) is 63.3 Å². The van der Waals surface area contributed by atoms with E-state index in [4.69, 9.17) is 9.15 Å². The highest BCUT2D eigenvalue weighted by molar-refractivity contribution is 5.36. The Kier molecular flexibility index (Phi) is 14.8. The summed E-state index contributed by atoms with van der Waals surface area (Å²) in [5.41, 5.74) is -0.399. The van der Waals surface area contributed by atoms with Crippen LogP contribution in [0.2, 0.25) is 0 Å². The molecule has 2 rings (SSSR count). The lowest BCUT2D eigenvalue weighted by Gasteiger charge is -2.36. The molecule has 0 saturated carbocycles. The minimum Gasteiger partial charge on any atom is -0.507 e. The Morgan fingerprint density at radius 2 is 1.84 bits per heavy atom. The third-order valence-corrected chi connectivity index (χ3v) is 8.33. The Balaban J connectivity index is 2.14. The molecule has 7 atom stereocenters. The van der Waals surface area contributed by atoms with Gasteiger partial charge in [0.05, 0.1) is 36.9 Å². The van der Waals surface area contributed by atoms with E-state index in [0.717, 1.165) is 12.0 Å². The SMILES string of the molecule is CCCCCC[C@H](C)C/C(C)=C\[C@H](/C=C(C)/C=C\[C@@H](O)C(C)(C)c1cc(O)c([C@H]2O[C@@H](CO)C[C@@H](O)[C@@H]2O)c(=O)o1)CO. The van der Waals surface area contributed by atoms with Gasteiger partial charge in [-0.25, -0.2) is 4.79 Å². The van der Waals surface area contributed by atoms with Crippen molar-refractivity contribution in [2.75, 3.05) is 13.2 Å². The summed E-state index contributed by atoms with van der Waals surface area (Å²) in [6.45, 7) is 11.3. The second kappa shape index (κ2) is 17.3. The van der Waals surface area contributed by atoms with Gasteiger partial charge < -0.3 is 39.8 Å². The van der Waals surface area contributed by atoms with Crippen molar-refractivity contribution in [2.24, 2.45) is 11.8 Å². The fourth-order valence-electron chi connectivity index (χ4n) is 5.56. The van der Waals surface area contributed by atoms with Gasteiger partial charge in [0, 0.05) is 18.4 Å². The predicted molar refractivity (Wildman–Crippen MR) is 167 cm³/mol. The van der Waals surface area contributed by atoms with Crippen LogP contribution in [-0.2, 0) is 10.2 Å². The van der Waals surface area contributed by atoms with Gasteiger partial charge in [0.2, 0.25) is 0 Å². The maximum atomic E-state index is 12.9. The van der Waals surface area contributed by atoms with Crippen LogP contribution >= 0.6 is 0 Å². The van der Waals surface area contributed by atoms with Gasteiger partial charge in [0.1, 0.15) is 29.3 Å². The molecule has 0 radical (unpaired) electrons. The summed E-state index contributed by atoms with van der Waals surface area (Å²) in [7, 11) is 0. The Hall–Kier alpha value is -2.27. The number of aliphatic hydroxyl groups is 5. The van der Waals surface area contributed by atoms with E-state index in [-0.39, 0.29) is 30.3 Å². The number of ether oxygens (including phenoxy) is 1. The second-order valence-electron chi connectivity index (χ2n) is 12.8. The molecular formula is C34H54O9. The van der Waals surface area contributed by atoms with Gasteiger partial charge in [0.25, 0.3) is 0 Å². The van der Waals surface area contributed by atoms with E-state index in [1.807, 2.05) is 13.0 Å². The first-order chi connectivity index (χ1) is 20.2. The van der Waals surface area contributed by atoms with E-state index < -0.39 is 53.9 Å². The summed E-state index contributed by atoms with van der Waals surface area (Å²) in [4.78, 5) is 12.9. The van der Waals surface area contributed by atoms with Crippen LogP contribution < -0.4 is 5.63 Å². The van der Waals surface area contributed by atoms with Gasteiger partial charge in [-0.2, -0.15) is 0 Å². The molecule has 6 N–H and O–H groups in total. The molecule has 9 heteroatoms. The minimum atomic E-state index is -1.50. The minimum absolute atomic E-state index is 0.0118. The molecular weight excluding hydrogens is 552 g/mol. The highest BCUT2D eigenvalue weighted by Gasteiger charge is 2.41. The van der Waals surface area contributed by atoms with Crippen molar-refractivity contribution in [1.82, 2.24) is 0 Å². The standard InChI is InChI=1S/C34H54O9/c1-7-8-9-10-11-21(2)14-23(4)16-24(19-35)15-22(3)12-13-28(39)34(5,6)29-18-26(37)30(33(41)43-29)32-31(40)27(38)17-25(20-36)42-32/h12-13,15-16,18,21,24-25,27-28,31-32,35-40H,7-11,14,17,19-20H2,1-6H3/b13-12-,22-15+,23-16-/t21-,24-,25+,27+,28+,31-,32+/m0/s1. The lowest BCUT2D eigenvalue weighted by Crippen LogP contribution is -2.46. The lowest BCUT2D eigenvalue weighted by atomic mass is 9.82. The van der Waals surface area contributed by atoms with Gasteiger partial charge in [0.15, 0.2) is 0 Å². The Morgan fingerprint density at radius 1 is 1.14 bits per heavy atom. The van der Waals surface area contributed by atoms with Crippen molar-refractivity contribution < 1.29 is 39.8 Å². The van der Waals surface area contributed by atoms with E-state index in [0.29, 0.717) is 5.92 Å². The van der Waals surface area contributed by atoms with E-state index in [1.165, 1.54) is 43.7 Å². The van der Waals surface area contributed by atoms with Crippen molar-refractivity contribution in [2.45, 2.75) is 122 Å². The van der Waals surface area contributed by atoms with Crippen molar-refractivity contribution >= 4 is 0 Å². The Morgan fingerprint density at radius 3 is 2.44 bits per heavy atom. The normalized spacial score (nSPS) is 24.3. The number of hydrogen-bond acceptors (Lipinski definition) is 9. The molecule has 1 aromatic heterocycles. The molecule has 1 aromatic rings. The summed E-state index contributed by atoms with van der Waals surface area (Å²) in [6.07, 6.45) is 8.44. The van der Waals surface area contributed by atoms with Gasteiger partial charge in [-0.1, -0.05) is 81.4 Å². The first-order valence-electron chi connectivity index (χ1n) is 15.6. The number of allylic oxidation sites excluding steroid dienone is 3. The van der Waals surface area contributed by atoms with Gasteiger partial charge in [-0.15, -0.1) is 0 Å². The van der Waals surface area contributed by atoms with Crippen molar-refractivity contribution in [3.63, 3.8) is 0 Å². The topological polar surface area (TPSA) is 161 Å². The molecule has 0 aliphatic carbocycles. The molecule has 0 unspecified atom stereocenters. The van der Waals surface area contributed by atoms with Crippen LogP contribution in [0.25, 0.3) is 0 Å². The van der Waals surface area contributed by atoms with Crippen LogP contribution in [0, 0.1) is 11.8 Å². The number of unbranched alkanes of at least 4 members (excludes halogenated alkanes) is 3. The number of aromatic hydroxyl groups is 1. The number of hydrogen-bond donors (Lipinski definition) is 6. The predicted octanol–water partition coefficient (Wildman–Crippen LogP) is 4.58.